The molecular weight excluding hydrogens is 406 g/mol. The average Bonchev–Trinajstić information content (AvgIpc) is 2.91. The first kappa shape index (κ1) is 14.7. The van der Waals surface area contributed by atoms with Crippen molar-refractivity contribution in [2.24, 2.45) is 0 Å². The number of thiophene rings is 1. The van der Waals surface area contributed by atoms with E-state index in [1.165, 1.54) is 22.6 Å². The van der Waals surface area contributed by atoms with E-state index in [9.17, 15) is 14.5 Å². The normalized spacial score (nSPS) is 17.3. The zero-order chi connectivity index (χ0) is 15.0. The summed E-state index contributed by atoms with van der Waals surface area (Å²) in [5.74, 6) is -0.440. The lowest BCUT2D eigenvalue weighted by Crippen LogP contribution is -2.16. The largest absolute Gasteiger partial charge is 0.373 e. The number of anilines is 1. The number of nitro groups is 1. The fourth-order valence-corrected chi connectivity index (χ4v) is 4.07. The zero-order valence-corrected chi connectivity index (χ0v) is 13.9. The van der Waals surface area contributed by atoms with Gasteiger partial charge in [0.15, 0.2) is 0 Å². The van der Waals surface area contributed by atoms with Gasteiger partial charge in [-0.1, -0.05) is 0 Å². The Bertz CT molecular complexity index is 704. The van der Waals surface area contributed by atoms with Crippen LogP contribution in [0.2, 0.25) is 0 Å². The zero-order valence-electron chi connectivity index (χ0n) is 10.9. The summed E-state index contributed by atoms with van der Waals surface area (Å²) in [7, 11) is 0. The number of aryl methyl sites for hydroxylation is 1. The van der Waals surface area contributed by atoms with Gasteiger partial charge in [-0.05, 0) is 58.9 Å². The highest BCUT2D eigenvalue weighted by Gasteiger charge is 2.25. The second kappa shape index (κ2) is 5.88. The first-order chi connectivity index (χ1) is 10.1. The first-order valence-corrected chi connectivity index (χ1v) is 8.48. The minimum atomic E-state index is -0.471. The third-order valence-corrected chi connectivity index (χ3v) is 5.44. The highest BCUT2D eigenvalue weighted by molar-refractivity contribution is 14.1. The molecule has 0 radical (unpaired) electrons. The van der Waals surface area contributed by atoms with Gasteiger partial charge in [0, 0.05) is 17.0 Å². The fourth-order valence-electron chi connectivity index (χ4n) is 2.63. The molecule has 1 aliphatic carbocycles. The number of hydrogen-bond donors (Lipinski definition) is 1. The van der Waals surface area contributed by atoms with Crippen molar-refractivity contribution in [3.8, 4) is 0 Å². The van der Waals surface area contributed by atoms with E-state index < -0.39 is 10.7 Å². The van der Waals surface area contributed by atoms with Gasteiger partial charge in [-0.15, -0.1) is 11.3 Å². The van der Waals surface area contributed by atoms with Crippen LogP contribution in [0.15, 0.2) is 23.6 Å². The van der Waals surface area contributed by atoms with Crippen molar-refractivity contribution in [1.29, 1.82) is 0 Å². The summed E-state index contributed by atoms with van der Waals surface area (Å²) in [6.07, 6.45) is 2.98. The molecule has 21 heavy (non-hydrogen) atoms. The van der Waals surface area contributed by atoms with Crippen molar-refractivity contribution in [2.75, 3.05) is 5.32 Å². The van der Waals surface area contributed by atoms with Gasteiger partial charge in [-0.25, -0.2) is 4.39 Å². The smallest absolute Gasteiger partial charge is 0.293 e. The van der Waals surface area contributed by atoms with E-state index in [4.69, 9.17) is 0 Å². The maximum absolute atomic E-state index is 13.7. The molecule has 0 fully saturated rings. The van der Waals surface area contributed by atoms with Crippen LogP contribution in [0.25, 0.3) is 0 Å². The summed E-state index contributed by atoms with van der Waals surface area (Å²) >= 11 is 3.47. The summed E-state index contributed by atoms with van der Waals surface area (Å²) in [4.78, 5) is 12.0. The van der Waals surface area contributed by atoms with Gasteiger partial charge in [-0.2, -0.15) is 0 Å². The number of fused-ring (bicyclic) bond motifs is 1. The summed E-state index contributed by atoms with van der Waals surface area (Å²) in [5.41, 5.74) is 1.35. The van der Waals surface area contributed by atoms with Crippen molar-refractivity contribution in [3.05, 3.63) is 53.5 Å². The van der Waals surface area contributed by atoms with Crippen LogP contribution in [-0.4, -0.2) is 4.92 Å². The molecule has 4 nitrogen and oxygen atoms in total. The van der Waals surface area contributed by atoms with Crippen molar-refractivity contribution >= 4 is 45.3 Å². The van der Waals surface area contributed by atoms with E-state index in [1.54, 1.807) is 33.9 Å². The van der Waals surface area contributed by atoms with Gasteiger partial charge in [0.2, 0.25) is 0 Å². The third-order valence-electron chi connectivity index (χ3n) is 3.62. The van der Waals surface area contributed by atoms with Crippen molar-refractivity contribution in [1.82, 2.24) is 0 Å². The van der Waals surface area contributed by atoms with Crippen LogP contribution >= 0.6 is 33.9 Å². The van der Waals surface area contributed by atoms with Crippen LogP contribution in [0, 0.1) is 19.5 Å². The van der Waals surface area contributed by atoms with Crippen molar-refractivity contribution in [3.63, 3.8) is 0 Å². The Hall–Kier alpha value is -1.22. The van der Waals surface area contributed by atoms with Crippen molar-refractivity contribution in [2.45, 2.75) is 25.3 Å². The van der Waals surface area contributed by atoms with Crippen LogP contribution in [0.5, 0.6) is 0 Å². The molecule has 1 aliphatic rings. The van der Waals surface area contributed by atoms with Gasteiger partial charge in [0.05, 0.1) is 14.5 Å². The molecule has 0 amide bonds. The van der Waals surface area contributed by atoms with E-state index in [0.29, 0.717) is 0 Å². The van der Waals surface area contributed by atoms with E-state index >= 15 is 0 Å². The van der Waals surface area contributed by atoms with Crippen LogP contribution in [-0.2, 0) is 6.42 Å². The lowest BCUT2D eigenvalue weighted by atomic mass is 9.94. The topological polar surface area (TPSA) is 55.2 Å². The van der Waals surface area contributed by atoms with E-state index in [0.717, 1.165) is 19.3 Å². The lowest BCUT2D eigenvalue weighted by Gasteiger charge is -2.24. The Morgan fingerprint density at radius 1 is 1.48 bits per heavy atom. The Kier molecular flexibility index (Phi) is 4.12. The number of rotatable bonds is 3. The minimum Gasteiger partial charge on any atom is -0.373 e. The molecule has 0 saturated carbocycles. The van der Waals surface area contributed by atoms with E-state index in [1.807, 2.05) is 11.4 Å². The molecule has 1 aromatic heterocycles. The second-order valence-electron chi connectivity index (χ2n) is 4.93. The molecule has 1 atom stereocenters. The fraction of sp³-hybridized carbons (Fsp3) is 0.286. The molecule has 0 aliphatic heterocycles. The molecule has 110 valence electrons. The van der Waals surface area contributed by atoms with Crippen LogP contribution in [0.4, 0.5) is 15.8 Å². The number of nitrogens with zero attached hydrogens (tertiary/aromatic N) is 1. The first-order valence-electron chi connectivity index (χ1n) is 6.52. The lowest BCUT2D eigenvalue weighted by molar-refractivity contribution is -0.384. The van der Waals surface area contributed by atoms with Gasteiger partial charge in [-0.3, -0.25) is 10.1 Å². The molecule has 1 N–H and O–H groups in total. The number of halogens is 2. The number of nitro benzene ring substituents is 1. The summed E-state index contributed by atoms with van der Waals surface area (Å²) in [6.45, 7) is 0. The summed E-state index contributed by atoms with van der Waals surface area (Å²) in [5, 5.41) is 16.4. The third kappa shape index (κ3) is 2.89. The molecule has 3 rings (SSSR count). The number of nitrogens with one attached hydrogen (secondary N) is 1. The maximum atomic E-state index is 13.7. The minimum absolute atomic E-state index is 0.0122. The highest BCUT2D eigenvalue weighted by atomic mass is 127. The Morgan fingerprint density at radius 2 is 2.29 bits per heavy atom. The summed E-state index contributed by atoms with van der Waals surface area (Å²) in [6, 6.07) is 4.56. The van der Waals surface area contributed by atoms with E-state index in [2.05, 4.69) is 5.32 Å². The standard InChI is InChI=1S/C14H12FIN2O2S/c15-9-6-12(13(18(19)20)7-10(9)16)17-11-2-1-3-14-8(11)4-5-21-14/h4-7,11,17H,1-3H2. The molecule has 1 aromatic carbocycles. The van der Waals surface area contributed by atoms with Gasteiger partial charge in [0.25, 0.3) is 5.69 Å². The SMILES string of the molecule is O=[N+]([O-])c1cc(I)c(F)cc1NC1CCCc2sccc21. The quantitative estimate of drug-likeness (QED) is 0.439. The predicted octanol–water partition coefficient (Wildman–Crippen LogP) is 4.89. The molecule has 0 bridgehead atoms. The van der Waals surface area contributed by atoms with Crippen molar-refractivity contribution < 1.29 is 9.31 Å². The van der Waals surface area contributed by atoms with Crippen LogP contribution in [0.1, 0.15) is 29.3 Å². The molecule has 1 unspecified atom stereocenters. The second-order valence-corrected chi connectivity index (χ2v) is 7.09. The molecule has 0 spiro atoms. The molecule has 1 heterocycles. The van der Waals surface area contributed by atoms with E-state index in [-0.39, 0.29) is 21.0 Å². The Balaban J connectivity index is 1.96. The monoisotopic (exact) mass is 418 g/mol. The molecule has 7 heteroatoms. The number of benzene rings is 1. The van der Waals surface area contributed by atoms with Crippen LogP contribution in [0.3, 0.4) is 0 Å². The Morgan fingerprint density at radius 3 is 3.05 bits per heavy atom. The average molecular weight is 418 g/mol. The van der Waals surface area contributed by atoms with Crippen LogP contribution < -0.4 is 5.32 Å². The molecule has 2 aromatic rings. The van der Waals surface area contributed by atoms with Gasteiger partial charge in [0.1, 0.15) is 11.5 Å². The highest BCUT2D eigenvalue weighted by Crippen LogP contribution is 2.38. The Labute approximate surface area is 138 Å². The number of hydrogen-bond acceptors (Lipinski definition) is 4. The predicted molar refractivity (Wildman–Crippen MR) is 89.4 cm³/mol. The molecular formula is C14H12FIN2O2S. The van der Waals surface area contributed by atoms with Gasteiger partial charge >= 0.3 is 0 Å². The van der Waals surface area contributed by atoms with Gasteiger partial charge < -0.3 is 5.32 Å². The maximum Gasteiger partial charge on any atom is 0.293 e. The summed E-state index contributed by atoms with van der Waals surface area (Å²) < 4.78 is 14.0. The molecule has 0 saturated heterocycles.